The Balaban J connectivity index is 2.40. The third kappa shape index (κ3) is 2.10. The summed E-state index contributed by atoms with van der Waals surface area (Å²) in [6, 6.07) is 8.72. The van der Waals surface area contributed by atoms with E-state index in [4.69, 9.17) is 4.42 Å². The molecule has 0 aliphatic heterocycles. The Kier molecular flexibility index (Phi) is 3.06. The van der Waals surface area contributed by atoms with Gasteiger partial charge in [0.05, 0.1) is 17.3 Å². The number of aromatic carboxylic acids is 1. The fourth-order valence-electron chi connectivity index (χ4n) is 2.18. The van der Waals surface area contributed by atoms with Crippen molar-refractivity contribution in [3.63, 3.8) is 0 Å². The number of benzene rings is 1. The summed E-state index contributed by atoms with van der Waals surface area (Å²) in [4.78, 5) is 16.0. The molecular weight excluding hydrogens is 322 g/mol. The number of rotatable bonds is 2. The van der Waals surface area contributed by atoms with E-state index in [1.165, 1.54) is 12.3 Å². The summed E-state index contributed by atoms with van der Waals surface area (Å²) in [6.45, 7) is 1.90. The molecule has 2 aromatic heterocycles. The normalized spacial score (nSPS) is 10.9. The highest BCUT2D eigenvalue weighted by Gasteiger charge is 2.15. The Hall–Kier alpha value is -2.14. The average molecular weight is 332 g/mol. The molecule has 0 fully saturated rings. The van der Waals surface area contributed by atoms with Crippen molar-refractivity contribution in [1.29, 1.82) is 0 Å². The SMILES string of the molecule is Cc1cc(Br)cc2c(C(=O)O)cc(-c3ccco3)nc12. The van der Waals surface area contributed by atoms with E-state index in [2.05, 4.69) is 20.9 Å². The van der Waals surface area contributed by atoms with Crippen LogP contribution >= 0.6 is 15.9 Å². The second kappa shape index (κ2) is 4.76. The largest absolute Gasteiger partial charge is 0.478 e. The quantitative estimate of drug-likeness (QED) is 0.761. The van der Waals surface area contributed by atoms with Crippen molar-refractivity contribution < 1.29 is 14.3 Å². The minimum Gasteiger partial charge on any atom is -0.478 e. The minimum atomic E-state index is -0.984. The van der Waals surface area contributed by atoms with Crippen LogP contribution in [0.15, 0.2) is 45.5 Å². The van der Waals surface area contributed by atoms with Gasteiger partial charge in [0.1, 0.15) is 5.69 Å². The lowest BCUT2D eigenvalue weighted by Gasteiger charge is -2.08. The lowest BCUT2D eigenvalue weighted by molar-refractivity contribution is 0.0699. The Morgan fingerprint density at radius 3 is 2.80 bits per heavy atom. The van der Waals surface area contributed by atoms with Gasteiger partial charge in [-0.25, -0.2) is 9.78 Å². The Morgan fingerprint density at radius 1 is 1.35 bits per heavy atom. The van der Waals surface area contributed by atoms with Crippen LogP contribution in [0.5, 0.6) is 0 Å². The smallest absolute Gasteiger partial charge is 0.336 e. The highest BCUT2D eigenvalue weighted by atomic mass is 79.9. The van der Waals surface area contributed by atoms with Crippen LogP contribution in [0.25, 0.3) is 22.4 Å². The number of carboxylic acids is 1. The fourth-order valence-corrected chi connectivity index (χ4v) is 2.76. The molecule has 0 spiro atoms. The van der Waals surface area contributed by atoms with Gasteiger partial charge in [-0.1, -0.05) is 15.9 Å². The first-order valence-electron chi connectivity index (χ1n) is 5.94. The number of nitrogens with zero attached hydrogens (tertiary/aromatic N) is 1. The van der Waals surface area contributed by atoms with Crippen LogP contribution in [-0.4, -0.2) is 16.1 Å². The van der Waals surface area contributed by atoms with Gasteiger partial charge in [-0.2, -0.15) is 0 Å². The number of carboxylic acid groups (broad SMARTS) is 1. The summed E-state index contributed by atoms with van der Waals surface area (Å²) < 4.78 is 6.13. The molecule has 4 nitrogen and oxygen atoms in total. The minimum absolute atomic E-state index is 0.214. The van der Waals surface area contributed by atoms with Crippen molar-refractivity contribution in [2.45, 2.75) is 6.92 Å². The van der Waals surface area contributed by atoms with Gasteiger partial charge < -0.3 is 9.52 Å². The summed E-state index contributed by atoms with van der Waals surface area (Å²) in [7, 11) is 0. The number of aryl methyl sites for hydroxylation is 1. The molecular formula is C15H10BrNO3. The lowest BCUT2D eigenvalue weighted by Crippen LogP contribution is -2.01. The topological polar surface area (TPSA) is 63.3 Å². The number of pyridine rings is 1. The van der Waals surface area contributed by atoms with E-state index >= 15 is 0 Å². The van der Waals surface area contributed by atoms with Crippen molar-refractivity contribution >= 4 is 32.8 Å². The van der Waals surface area contributed by atoms with Gasteiger partial charge >= 0.3 is 5.97 Å². The molecule has 1 N–H and O–H groups in total. The van der Waals surface area contributed by atoms with Crippen molar-refractivity contribution in [3.05, 3.63) is 52.2 Å². The zero-order valence-electron chi connectivity index (χ0n) is 10.6. The summed E-state index contributed by atoms with van der Waals surface area (Å²) in [6.07, 6.45) is 1.54. The average Bonchev–Trinajstić information content (AvgIpc) is 2.91. The highest BCUT2D eigenvalue weighted by molar-refractivity contribution is 9.10. The van der Waals surface area contributed by atoms with Crippen LogP contribution in [0.2, 0.25) is 0 Å². The third-order valence-corrected chi connectivity index (χ3v) is 3.53. The van der Waals surface area contributed by atoms with E-state index in [0.717, 1.165) is 10.0 Å². The third-order valence-electron chi connectivity index (χ3n) is 3.07. The second-order valence-corrected chi connectivity index (χ2v) is 5.37. The molecule has 0 aliphatic rings. The van der Waals surface area contributed by atoms with Gasteiger partial charge in [0, 0.05) is 9.86 Å². The molecule has 1 aromatic carbocycles. The maximum Gasteiger partial charge on any atom is 0.336 e. The summed E-state index contributed by atoms with van der Waals surface area (Å²) in [5.41, 5.74) is 2.31. The van der Waals surface area contributed by atoms with Crippen molar-refractivity contribution in [3.8, 4) is 11.5 Å². The predicted molar refractivity (Wildman–Crippen MR) is 78.8 cm³/mol. The lowest BCUT2D eigenvalue weighted by atomic mass is 10.0. The van der Waals surface area contributed by atoms with Gasteiger partial charge in [-0.3, -0.25) is 0 Å². The molecule has 0 saturated carbocycles. The molecule has 0 unspecified atom stereocenters. The molecule has 0 radical (unpaired) electrons. The number of halogens is 1. The maximum absolute atomic E-state index is 11.5. The molecule has 0 amide bonds. The first-order chi connectivity index (χ1) is 9.56. The summed E-state index contributed by atoms with van der Waals surface area (Å²) in [5, 5.41) is 10.0. The second-order valence-electron chi connectivity index (χ2n) is 4.46. The molecule has 0 saturated heterocycles. The summed E-state index contributed by atoms with van der Waals surface area (Å²) >= 11 is 3.38. The van der Waals surface area contributed by atoms with E-state index in [1.54, 1.807) is 18.2 Å². The predicted octanol–water partition coefficient (Wildman–Crippen LogP) is 4.26. The van der Waals surface area contributed by atoms with Gasteiger partial charge in [-0.15, -0.1) is 0 Å². The standard InChI is InChI=1S/C15H10BrNO3/c1-8-5-9(16)6-10-11(15(18)19)7-12(17-14(8)10)13-3-2-4-20-13/h2-7H,1H3,(H,18,19). The number of carbonyl (C=O) groups is 1. The van der Waals surface area contributed by atoms with E-state index in [-0.39, 0.29) is 5.56 Å². The van der Waals surface area contributed by atoms with Gasteiger partial charge in [0.2, 0.25) is 0 Å². The molecule has 100 valence electrons. The van der Waals surface area contributed by atoms with E-state index in [1.807, 2.05) is 13.0 Å². The number of fused-ring (bicyclic) bond motifs is 1. The van der Waals surface area contributed by atoms with Crippen molar-refractivity contribution in [2.75, 3.05) is 0 Å². The van der Waals surface area contributed by atoms with E-state index in [9.17, 15) is 9.90 Å². The van der Waals surface area contributed by atoms with Crippen LogP contribution in [0.3, 0.4) is 0 Å². The number of furan rings is 1. The fraction of sp³-hybridized carbons (Fsp3) is 0.0667. The van der Waals surface area contributed by atoms with E-state index < -0.39 is 5.97 Å². The van der Waals surface area contributed by atoms with Crippen LogP contribution in [0, 0.1) is 6.92 Å². The van der Waals surface area contributed by atoms with Crippen LogP contribution < -0.4 is 0 Å². The van der Waals surface area contributed by atoms with Crippen molar-refractivity contribution in [2.24, 2.45) is 0 Å². The van der Waals surface area contributed by atoms with Gasteiger partial charge in [0.25, 0.3) is 0 Å². The first kappa shape index (κ1) is 12.9. The van der Waals surface area contributed by atoms with Crippen molar-refractivity contribution in [1.82, 2.24) is 4.98 Å². The zero-order valence-corrected chi connectivity index (χ0v) is 12.1. The molecule has 3 aromatic rings. The first-order valence-corrected chi connectivity index (χ1v) is 6.73. The number of hydrogen-bond donors (Lipinski definition) is 1. The monoisotopic (exact) mass is 331 g/mol. The number of aromatic nitrogens is 1. The van der Waals surface area contributed by atoms with Gasteiger partial charge in [-0.05, 0) is 42.8 Å². The molecule has 3 rings (SSSR count). The van der Waals surface area contributed by atoms with Crippen LogP contribution in [0.1, 0.15) is 15.9 Å². The molecule has 20 heavy (non-hydrogen) atoms. The molecule has 2 heterocycles. The molecule has 0 aliphatic carbocycles. The Labute approximate surface area is 123 Å². The van der Waals surface area contributed by atoms with E-state index in [0.29, 0.717) is 22.4 Å². The Bertz CT molecular complexity index is 810. The molecule has 5 heteroatoms. The molecule has 0 bridgehead atoms. The number of hydrogen-bond acceptors (Lipinski definition) is 3. The highest BCUT2D eigenvalue weighted by Crippen LogP contribution is 2.29. The van der Waals surface area contributed by atoms with Gasteiger partial charge in [0.15, 0.2) is 5.76 Å². The Morgan fingerprint density at radius 2 is 2.15 bits per heavy atom. The summed E-state index contributed by atoms with van der Waals surface area (Å²) in [5.74, 6) is -0.431. The molecule has 0 atom stereocenters. The zero-order chi connectivity index (χ0) is 14.3. The van der Waals surface area contributed by atoms with Crippen LogP contribution in [-0.2, 0) is 0 Å². The maximum atomic E-state index is 11.5. The van der Waals surface area contributed by atoms with Crippen LogP contribution in [0.4, 0.5) is 0 Å².